The van der Waals surface area contributed by atoms with Crippen molar-refractivity contribution in [3.63, 3.8) is 0 Å². The molecular weight excluding hydrogens is 184 g/mol. The predicted octanol–water partition coefficient (Wildman–Crippen LogP) is 3.74. The van der Waals surface area contributed by atoms with Gasteiger partial charge in [-0.05, 0) is 37.2 Å². The summed E-state index contributed by atoms with van der Waals surface area (Å²) in [5, 5.41) is 0. The second kappa shape index (κ2) is 5.32. The van der Waals surface area contributed by atoms with Crippen molar-refractivity contribution < 1.29 is 4.74 Å². The van der Waals surface area contributed by atoms with Crippen LogP contribution in [0.25, 0.3) is 0 Å². The van der Waals surface area contributed by atoms with E-state index >= 15 is 0 Å². The summed E-state index contributed by atoms with van der Waals surface area (Å²) >= 11 is 0. The van der Waals surface area contributed by atoms with Crippen LogP contribution < -0.4 is 0 Å². The molecule has 1 nitrogen and oxygen atoms in total. The maximum absolute atomic E-state index is 5.90. The van der Waals surface area contributed by atoms with Crippen LogP contribution in [-0.4, -0.2) is 6.10 Å². The molecule has 1 saturated carbocycles. The van der Waals surface area contributed by atoms with E-state index in [0.29, 0.717) is 6.10 Å². The second-order valence-electron chi connectivity index (χ2n) is 4.45. The third-order valence-corrected chi connectivity index (χ3v) is 3.11. The van der Waals surface area contributed by atoms with E-state index in [-0.39, 0.29) is 0 Å². The van der Waals surface area contributed by atoms with Gasteiger partial charge in [0.05, 0.1) is 12.7 Å². The molecule has 0 heterocycles. The maximum Gasteiger partial charge on any atom is 0.0720 e. The molecule has 2 rings (SSSR count). The molecule has 1 fully saturated rings. The second-order valence-corrected chi connectivity index (χ2v) is 4.45. The van der Waals surface area contributed by atoms with E-state index in [1.165, 1.54) is 31.2 Å². The summed E-state index contributed by atoms with van der Waals surface area (Å²) in [6, 6.07) is 10.4. The topological polar surface area (TPSA) is 9.23 Å². The lowest BCUT2D eigenvalue weighted by atomic mass is 9.89. The third-order valence-electron chi connectivity index (χ3n) is 3.11. The fourth-order valence-electron chi connectivity index (χ4n) is 2.04. The largest absolute Gasteiger partial charge is 0.374 e. The van der Waals surface area contributed by atoms with E-state index < -0.39 is 0 Å². The summed E-state index contributed by atoms with van der Waals surface area (Å²) in [4.78, 5) is 0. The van der Waals surface area contributed by atoms with Crippen molar-refractivity contribution in [2.24, 2.45) is 0 Å². The van der Waals surface area contributed by atoms with Gasteiger partial charge in [0.15, 0.2) is 0 Å². The van der Waals surface area contributed by atoms with Crippen LogP contribution in [0.2, 0.25) is 0 Å². The van der Waals surface area contributed by atoms with Gasteiger partial charge in [-0.3, -0.25) is 0 Å². The van der Waals surface area contributed by atoms with Crippen LogP contribution in [0.5, 0.6) is 0 Å². The van der Waals surface area contributed by atoms with E-state index in [1.807, 2.05) is 6.07 Å². The van der Waals surface area contributed by atoms with Gasteiger partial charge in [0.25, 0.3) is 0 Å². The highest BCUT2D eigenvalue weighted by Crippen LogP contribution is 2.27. The first-order valence-corrected chi connectivity index (χ1v) is 5.81. The molecule has 1 aliphatic carbocycles. The van der Waals surface area contributed by atoms with Gasteiger partial charge < -0.3 is 4.74 Å². The Morgan fingerprint density at radius 1 is 1.13 bits per heavy atom. The molecule has 1 heteroatoms. The van der Waals surface area contributed by atoms with E-state index in [4.69, 9.17) is 4.74 Å². The van der Waals surface area contributed by atoms with Crippen molar-refractivity contribution in [3.8, 4) is 0 Å². The third kappa shape index (κ3) is 3.35. The lowest BCUT2D eigenvalue weighted by molar-refractivity contribution is 0.0202. The highest BCUT2D eigenvalue weighted by molar-refractivity contribution is 5.13. The number of ether oxygens (including phenoxy) is 1. The Bertz CT molecular complexity index is 273. The molecule has 0 atom stereocenters. The van der Waals surface area contributed by atoms with Gasteiger partial charge >= 0.3 is 0 Å². The average Bonchev–Trinajstić information content (AvgIpc) is 2.30. The molecule has 0 bridgehead atoms. The Labute approximate surface area is 92.5 Å². The monoisotopic (exact) mass is 203 g/mol. The van der Waals surface area contributed by atoms with Gasteiger partial charge in [-0.25, -0.2) is 0 Å². The Kier molecular flexibility index (Phi) is 3.79. The first-order valence-electron chi connectivity index (χ1n) is 5.81. The summed E-state index contributed by atoms with van der Waals surface area (Å²) in [7, 11) is 0. The van der Waals surface area contributed by atoms with Crippen molar-refractivity contribution in [3.05, 3.63) is 41.8 Å². The zero-order valence-corrected chi connectivity index (χ0v) is 9.41. The minimum atomic E-state index is 0.480. The SMILES string of the molecule is C[C]1CCC(OCc2ccccc2)CC1. The summed E-state index contributed by atoms with van der Waals surface area (Å²) in [5.41, 5.74) is 1.28. The predicted molar refractivity (Wildman–Crippen MR) is 62.4 cm³/mol. The van der Waals surface area contributed by atoms with Gasteiger partial charge in [-0.2, -0.15) is 0 Å². The quantitative estimate of drug-likeness (QED) is 0.727. The molecule has 1 aliphatic rings. The first kappa shape index (κ1) is 10.7. The fraction of sp³-hybridized carbons (Fsp3) is 0.500. The molecule has 0 aliphatic heterocycles. The number of rotatable bonds is 3. The fourth-order valence-corrected chi connectivity index (χ4v) is 2.04. The molecule has 0 saturated heterocycles. The Morgan fingerprint density at radius 3 is 2.47 bits per heavy atom. The van der Waals surface area contributed by atoms with Gasteiger partial charge in [0, 0.05) is 0 Å². The van der Waals surface area contributed by atoms with Crippen LogP contribution >= 0.6 is 0 Å². The van der Waals surface area contributed by atoms with Gasteiger partial charge in [-0.1, -0.05) is 37.3 Å². The molecule has 0 spiro atoms. The molecule has 0 N–H and O–H groups in total. The van der Waals surface area contributed by atoms with E-state index in [2.05, 4.69) is 31.2 Å². The van der Waals surface area contributed by atoms with Crippen LogP contribution in [0.4, 0.5) is 0 Å². The lowest BCUT2D eigenvalue weighted by Crippen LogP contribution is -2.19. The van der Waals surface area contributed by atoms with Crippen LogP contribution in [0, 0.1) is 5.92 Å². The van der Waals surface area contributed by atoms with Crippen LogP contribution in [-0.2, 0) is 11.3 Å². The summed E-state index contributed by atoms with van der Waals surface area (Å²) < 4.78 is 5.90. The van der Waals surface area contributed by atoms with Crippen molar-refractivity contribution in [1.29, 1.82) is 0 Å². The average molecular weight is 203 g/mol. The van der Waals surface area contributed by atoms with Gasteiger partial charge in [0.1, 0.15) is 0 Å². The highest BCUT2D eigenvalue weighted by atomic mass is 16.5. The molecule has 0 unspecified atom stereocenters. The zero-order valence-electron chi connectivity index (χ0n) is 9.41. The summed E-state index contributed by atoms with van der Waals surface area (Å²) in [6.45, 7) is 3.03. The number of hydrogen-bond donors (Lipinski definition) is 0. The van der Waals surface area contributed by atoms with Crippen LogP contribution in [0.15, 0.2) is 30.3 Å². The van der Waals surface area contributed by atoms with Crippen molar-refractivity contribution in [2.45, 2.75) is 45.3 Å². The van der Waals surface area contributed by atoms with Crippen molar-refractivity contribution in [1.82, 2.24) is 0 Å². The number of hydrogen-bond acceptors (Lipinski definition) is 1. The van der Waals surface area contributed by atoms with Crippen molar-refractivity contribution in [2.75, 3.05) is 0 Å². The van der Waals surface area contributed by atoms with Crippen molar-refractivity contribution >= 4 is 0 Å². The molecule has 1 radical (unpaired) electrons. The molecule has 0 amide bonds. The lowest BCUT2D eigenvalue weighted by Gasteiger charge is -2.25. The van der Waals surface area contributed by atoms with Crippen LogP contribution in [0.3, 0.4) is 0 Å². The highest BCUT2D eigenvalue weighted by Gasteiger charge is 2.18. The maximum atomic E-state index is 5.90. The Hall–Kier alpha value is -0.820. The van der Waals surface area contributed by atoms with E-state index in [1.54, 1.807) is 5.92 Å². The smallest absolute Gasteiger partial charge is 0.0720 e. The molecular formula is C14H19O. The van der Waals surface area contributed by atoms with E-state index in [9.17, 15) is 0 Å². The normalized spacial score (nSPS) is 19.3. The zero-order chi connectivity index (χ0) is 10.5. The van der Waals surface area contributed by atoms with Gasteiger partial charge in [-0.15, -0.1) is 0 Å². The molecule has 0 aromatic heterocycles. The van der Waals surface area contributed by atoms with E-state index in [0.717, 1.165) is 6.61 Å². The summed E-state index contributed by atoms with van der Waals surface area (Å²) in [5.74, 6) is 1.63. The Balaban J connectivity index is 1.74. The number of benzene rings is 1. The molecule has 1 aromatic rings. The molecule has 15 heavy (non-hydrogen) atoms. The molecule has 1 aromatic carbocycles. The molecule has 81 valence electrons. The Morgan fingerprint density at radius 2 is 1.80 bits per heavy atom. The standard InChI is InChI=1S/C14H19O/c1-12-7-9-14(10-8-12)15-11-13-5-3-2-4-6-13/h2-6,14H,7-11H2,1H3. The summed E-state index contributed by atoms with van der Waals surface area (Å²) in [6.07, 6.45) is 5.39. The van der Waals surface area contributed by atoms with Crippen LogP contribution in [0.1, 0.15) is 38.2 Å². The minimum absolute atomic E-state index is 0.480. The van der Waals surface area contributed by atoms with Gasteiger partial charge in [0.2, 0.25) is 0 Å². The first-order chi connectivity index (χ1) is 7.34. The minimum Gasteiger partial charge on any atom is -0.374 e.